The predicted molar refractivity (Wildman–Crippen MR) is 74.3 cm³/mol. The summed E-state index contributed by atoms with van der Waals surface area (Å²) >= 11 is 0. The first kappa shape index (κ1) is 13.4. The fourth-order valence-electron chi connectivity index (χ4n) is 3.67. The van der Waals surface area contributed by atoms with E-state index in [9.17, 15) is 0 Å². The molecule has 1 saturated heterocycles. The SMILES string of the molecule is CCCNC1CC(C)CN(CC2CCCC2)C1. The molecule has 1 heterocycles. The van der Waals surface area contributed by atoms with Crippen LogP contribution in [-0.2, 0) is 0 Å². The number of nitrogens with one attached hydrogen (secondary N) is 1. The number of hydrogen-bond donors (Lipinski definition) is 1. The average Bonchev–Trinajstić information content (AvgIpc) is 2.78. The lowest BCUT2D eigenvalue weighted by molar-refractivity contribution is 0.130. The van der Waals surface area contributed by atoms with E-state index in [4.69, 9.17) is 0 Å². The highest BCUT2D eigenvalue weighted by Gasteiger charge is 2.26. The summed E-state index contributed by atoms with van der Waals surface area (Å²) in [4.78, 5) is 2.73. The highest BCUT2D eigenvalue weighted by molar-refractivity contribution is 4.83. The van der Waals surface area contributed by atoms with Crippen LogP contribution in [0.2, 0.25) is 0 Å². The molecule has 2 heteroatoms. The molecule has 0 aromatic heterocycles. The Balaban J connectivity index is 1.76. The fraction of sp³-hybridized carbons (Fsp3) is 1.00. The molecule has 1 aliphatic carbocycles. The third-order valence-electron chi connectivity index (χ3n) is 4.41. The zero-order valence-corrected chi connectivity index (χ0v) is 11.8. The van der Waals surface area contributed by atoms with Crippen LogP contribution >= 0.6 is 0 Å². The van der Waals surface area contributed by atoms with E-state index in [1.54, 1.807) is 0 Å². The van der Waals surface area contributed by atoms with Gasteiger partial charge in [0.2, 0.25) is 0 Å². The predicted octanol–water partition coefficient (Wildman–Crippen LogP) is 2.89. The van der Waals surface area contributed by atoms with Crippen molar-refractivity contribution in [2.24, 2.45) is 11.8 Å². The van der Waals surface area contributed by atoms with Crippen molar-refractivity contribution in [3.05, 3.63) is 0 Å². The summed E-state index contributed by atoms with van der Waals surface area (Å²) < 4.78 is 0. The van der Waals surface area contributed by atoms with Crippen LogP contribution in [0, 0.1) is 11.8 Å². The van der Waals surface area contributed by atoms with Crippen molar-refractivity contribution in [3.8, 4) is 0 Å². The van der Waals surface area contributed by atoms with Crippen molar-refractivity contribution in [2.45, 2.75) is 58.4 Å². The summed E-state index contributed by atoms with van der Waals surface area (Å²) in [6, 6.07) is 0.750. The minimum absolute atomic E-state index is 0.750. The molecule has 17 heavy (non-hydrogen) atoms. The highest BCUT2D eigenvalue weighted by atomic mass is 15.2. The van der Waals surface area contributed by atoms with E-state index in [1.165, 1.54) is 64.7 Å². The molecule has 0 bridgehead atoms. The summed E-state index contributed by atoms with van der Waals surface area (Å²) in [6.45, 7) is 9.86. The van der Waals surface area contributed by atoms with Gasteiger partial charge in [-0.05, 0) is 44.1 Å². The molecule has 2 atom stereocenters. The van der Waals surface area contributed by atoms with E-state index in [-0.39, 0.29) is 0 Å². The number of piperidine rings is 1. The number of hydrogen-bond acceptors (Lipinski definition) is 2. The zero-order chi connectivity index (χ0) is 12.1. The van der Waals surface area contributed by atoms with Gasteiger partial charge in [0.05, 0.1) is 0 Å². The van der Waals surface area contributed by atoms with Gasteiger partial charge in [0.1, 0.15) is 0 Å². The molecule has 2 fully saturated rings. The number of rotatable bonds is 5. The molecule has 2 rings (SSSR count). The maximum absolute atomic E-state index is 3.71. The Morgan fingerprint density at radius 1 is 1.18 bits per heavy atom. The van der Waals surface area contributed by atoms with Crippen molar-refractivity contribution in [2.75, 3.05) is 26.2 Å². The zero-order valence-electron chi connectivity index (χ0n) is 11.8. The second kappa shape index (κ2) is 6.75. The standard InChI is InChI=1S/C15H30N2/c1-3-8-16-15-9-13(2)10-17(12-15)11-14-6-4-5-7-14/h13-16H,3-12H2,1-2H3. The lowest BCUT2D eigenvalue weighted by Crippen LogP contribution is -2.49. The molecule has 100 valence electrons. The van der Waals surface area contributed by atoms with Crippen LogP contribution in [0.4, 0.5) is 0 Å². The van der Waals surface area contributed by atoms with Gasteiger partial charge in [0, 0.05) is 25.7 Å². The summed E-state index contributed by atoms with van der Waals surface area (Å²) in [6.07, 6.45) is 8.56. The largest absolute Gasteiger partial charge is 0.313 e. The Morgan fingerprint density at radius 2 is 1.94 bits per heavy atom. The average molecular weight is 238 g/mol. The minimum atomic E-state index is 0.750. The molecule has 2 unspecified atom stereocenters. The summed E-state index contributed by atoms with van der Waals surface area (Å²) in [5.74, 6) is 1.88. The normalized spacial score (nSPS) is 32.1. The maximum Gasteiger partial charge on any atom is 0.0198 e. The van der Waals surface area contributed by atoms with Gasteiger partial charge >= 0.3 is 0 Å². The van der Waals surface area contributed by atoms with E-state index in [0.29, 0.717) is 0 Å². The van der Waals surface area contributed by atoms with Crippen molar-refractivity contribution in [3.63, 3.8) is 0 Å². The van der Waals surface area contributed by atoms with Crippen LogP contribution in [-0.4, -0.2) is 37.1 Å². The lowest BCUT2D eigenvalue weighted by atomic mass is 9.94. The number of nitrogens with zero attached hydrogens (tertiary/aromatic N) is 1. The van der Waals surface area contributed by atoms with Gasteiger partial charge in [-0.3, -0.25) is 0 Å². The van der Waals surface area contributed by atoms with Crippen molar-refractivity contribution < 1.29 is 0 Å². The third-order valence-corrected chi connectivity index (χ3v) is 4.41. The number of likely N-dealkylation sites (tertiary alicyclic amines) is 1. The van der Waals surface area contributed by atoms with Crippen molar-refractivity contribution in [1.29, 1.82) is 0 Å². The first-order valence-corrected chi connectivity index (χ1v) is 7.73. The van der Waals surface area contributed by atoms with Gasteiger partial charge in [-0.2, -0.15) is 0 Å². The smallest absolute Gasteiger partial charge is 0.0198 e. The van der Waals surface area contributed by atoms with Gasteiger partial charge in [-0.15, -0.1) is 0 Å². The Kier molecular flexibility index (Phi) is 5.30. The van der Waals surface area contributed by atoms with E-state index in [2.05, 4.69) is 24.1 Å². The molecule has 1 saturated carbocycles. The Labute approximate surface area is 107 Å². The molecular formula is C15H30N2. The lowest BCUT2D eigenvalue weighted by Gasteiger charge is -2.38. The molecule has 1 aliphatic heterocycles. The maximum atomic E-state index is 3.71. The molecule has 0 radical (unpaired) electrons. The topological polar surface area (TPSA) is 15.3 Å². The Hall–Kier alpha value is -0.0800. The minimum Gasteiger partial charge on any atom is -0.313 e. The van der Waals surface area contributed by atoms with Crippen LogP contribution in [0.1, 0.15) is 52.4 Å². The Bertz CT molecular complexity index is 211. The van der Waals surface area contributed by atoms with E-state index < -0.39 is 0 Å². The Morgan fingerprint density at radius 3 is 2.65 bits per heavy atom. The molecule has 0 spiro atoms. The summed E-state index contributed by atoms with van der Waals surface area (Å²) in [5.41, 5.74) is 0. The molecule has 2 nitrogen and oxygen atoms in total. The van der Waals surface area contributed by atoms with E-state index >= 15 is 0 Å². The molecule has 0 amide bonds. The first-order valence-electron chi connectivity index (χ1n) is 7.73. The quantitative estimate of drug-likeness (QED) is 0.792. The first-order chi connectivity index (χ1) is 8.28. The second-order valence-corrected chi connectivity index (χ2v) is 6.36. The van der Waals surface area contributed by atoms with Gasteiger partial charge in [-0.25, -0.2) is 0 Å². The monoisotopic (exact) mass is 238 g/mol. The van der Waals surface area contributed by atoms with E-state index in [0.717, 1.165) is 17.9 Å². The second-order valence-electron chi connectivity index (χ2n) is 6.36. The van der Waals surface area contributed by atoms with Crippen LogP contribution in [0.5, 0.6) is 0 Å². The highest BCUT2D eigenvalue weighted by Crippen LogP contribution is 2.27. The van der Waals surface area contributed by atoms with Crippen LogP contribution in [0.3, 0.4) is 0 Å². The summed E-state index contributed by atoms with van der Waals surface area (Å²) in [7, 11) is 0. The van der Waals surface area contributed by atoms with E-state index in [1.807, 2.05) is 0 Å². The van der Waals surface area contributed by atoms with Crippen molar-refractivity contribution in [1.82, 2.24) is 10.2 Å². The molecule has 1 N–H and O–H groups in total. The van der Waals surface area contributed by atoms with Crippen LogP contribution < -0.4 is 5.32 Å². The molecular weight excluding hydrogens is 208 g/mol. The fourth-order valence-corrected chi connectivity index (χ4v) is 3.67. The van der Waals surface area contributed by atoms with Gasteiger partial charge < -0.3 is 10.2 Å². The molecule has 0 aromatic carbocycles. The van der Waals surface area contributed by atoms with Crippen LogP contribution in [0.25, 0.3) is 0 Å². The van der Waals surface area contributed by atoms with Gasteiger partial charge in [-0.1, -0.05) is 26.7 Å². The molecule has 0 aromatic rings. The molecule has 2 aliphatic rings. The third kappa shape index (κ3) is 4.26. The van der Waals surface area contributed by atoms with Crippen LogP contribution in [0.15, 0.2) is 0 Å². The van der Waals surface area contributed by atoms with Gasteiger partial charge in [0.15, 0.2) is 0 Å². The van der Waals surface area contributed by atoms with Gasteiger partial charge in [0.25, 0.3) is 0 Å². The van der Waals surface area contributed by atoms with Crippen molar-refractivity contribution >= 4 is 0 Å². The summed E-state index contributed by atoms with van der Waals surface area (Å²) in [5, 5.41) is 3.71.